The van der Waals surface area contributed by atoms with Gasteiger partial charge < -0.3 is 19.4 Å². The zero-order valence-electron chi connectivity index (χ0n) is 21.9. The van der Waals surface area contributed by atoms with E-state index in [1.54, 1.807) is 31.2 Å². The topological polar surface area (TPSA) is 129 Å². The molecule has 3 aromatic rings. The number of carbonyl (C=O) groups is 3. The van der Waals surface area contributed by atoms with Crippen LogP contribution >= 0.6 is 0 Å². The van der Waals surface area contributed by atoms with Gasteiger partial charge in [0.1, 0.15) is 17.3 Å². The number of urea groups is 1. The molecule has 41 heavy (non-hydrogen) atoms. The molecule has 4 amide bonds. The summed E-state index contributed by atoms with van der Waals surface area (Å²) in [4.78, 5) is 47.5. The molecule has 1 atom stereocenters. The molecule has 220 valence electrons. The Labute approximate surface area is 230 Å². The minimum absolute atomic E-state index is 0.0455. The van der Waals surface area contributed by atoms with Gasteiger partial charge in [-0.05, 0) is 19.1 Å². The van der Waals surface area contributed by atoms with Crippen molar-refractivity contribution in [3.8, 4) is 0 Å². The van der Waals surface area contributed by atoms with Crippen LogP contribution in [0.3, 0.4) is 0 Å². The second kappa shape index (κ2) is 12.7. The Kier molecular flexibility index (Phi) is 9.11. The van der Waals surface area contributed by atoms with E-state index in [-0.39, 0.29) is 37.9 Å². The Hall–Kier alpha value is -4.60. The van der Waals surface area contributed by atoms with Crippen molar-refractivity contribution in [3.63, 3.8) is 0 Å². The number of hydrogen-bond donors (Lipinski definition) is 2. The summed E-state index contributed by atoms with van der Waals surface area (Å²) < 4.78 is 65.6. The Morgan fingerprint density at radius 2 is 1.90 bits per heavy atom. The number of oxazole rings is 1. The number of fused-ring (bicyclic) bond motifs is 1. The normalized spacial score (nSPS) is 14.9. The predicted molar refractivity (Wildman–Crippen MR) is 138 cm³/mol. The average molecular weight is 583 g/mol. The zero-order chi connectivity index (χ0) is 29.7. The lowest BCUT2D eigenvalue weighted by atomic mass is 10.2. The number of para-hydroxylation sites is 2. The lowest BCUT2D eigenvalue weighted by Gasteiger charge is -2.28. The number of likely N-dealkylation sites (N-methyl/N-ethyl adjacent to an activating group) is 1. The summed E-state index contributed by atoms with van der Waals surface area (Å²) >= 11 is 0. The van der Waals surface area contributed by atoms with E-state index >= 15 is 8.78 Å². The van der Waals surface area contributed by atoms with Gasteiger partial charge in [0.05, 0.1) is 32.4 Å². The number of halogens is 4. The van der Waals surface area contributed by atoms with Crippen molar-refractivity contribution in [1.82, 2.24) is 15.4 Å². The monoisotopic (exact) mass is 582 g/mol. The van der Waals surface area contributed by atoms with Crippen LogP contribution in [0.25, 0.3) is 11.1 Å². The molecule has 12 nitrogen and oxygen atoms in total. The van der Waals surface area contributed by atoms with Crippen molar-refractivity contribution in [2.24, 2.45) is 0 Å². The maximum atomic E-state index is 15.2. The smallest absolute Gasteiger partial charge is 0.414 e. The molecule has 0 bridgehead atoms. The molecule has 2 heterocycles. The Balaban J connectivity index is 1.40. The van der Waals surface area contributed by atoms with Crippen LogP contribution in [0.2, 0.25) is 0 Å². The van der Waals surface area contributed by atoms with Crippen LogP contribution in [-0.2, 0) is 14.4 Å². The number of amides is 4. The maximum Gasteiger partial charge on any atom is 0.414 e. The predicted octanol–water partition coefficient (Wildman–Crippen LogP) is 3.73. The lowest BCUT2D eigenvalue weighted by molar-refractivity contribution is -0.132. The van der Waals surface area contributed by atoms with Crippen molar-refractivity contribution < 1.29 is 45.9 Å². The van der Waals surface area contributed by atoms with Gasteiger partial charge in [0.25, 0.3) is 5.91 Å². The van der Waals surface area contributed by atoms with Crippen LogP contribution in [0, 0.1) is 11.6 Å². The molecule has 0 aliphatic carbocycles. The van der Waals surface area contributed by atoms with E-state index in [4.69, 9.17) is 14.0 Å². The molecule has 0 spiro atoms. The minimum Gasteiger partial charge on any atom is -0.442 e. The van der Waals surface area contributed by atoms with E-state index < -0.39 is 54.4 Å². The molecule has 2 N–H and O–H groups in total. The van der Waals surface area contributed by atoms with Crippen LogP contribution in [-0.4, -0.2) is 80.4 Å². The lowest BCUT2D eigenvalue weighted by Crippen LogP contribution is -2.41. The van der Waals surface area contributed by atoms with Gasteiger partial charge in [-0.2, -0.15) is 13.8 Å². The average Bonchev–Trinajstić information content (AvgIpc) is 3.52. The maximum absolute atomic E-state index is 15.2. The largest absolute Gasteiger partial charge is 0.442 e. The standard InChI is InChI=1S/C25H26F4N6O6/c1-3-33(8-9-35(39-2)24(37)32-23-31-18-6-4-5-7-19(18)41-23)20-16(26)10-14(11-17(20)27)34-13-15(40-25(34)38)12-30-22(36)21(28)29/h4-7,10-11,15,21H,3,8-9,12-13H2,1-2H3,(H,30,36)(H,31,32,37)/t15-/m0/s1. The second-order valence-electron chi connectivity index (χ2n) is 8.70. The molecular formula is C25H26F4N6O6. The number of benzene rings is 2. The fourth-order valence-corrected chi connectivity index (χ4v) is 4.14. The first-order chi connectivity index (χ1) is 19.6. The van der Waals surface area contributed by atoms with Crippen molar-refractivity contribution in [2.75, 3.05) is 55.0 Å². The van der Waals surface area contributed by atoms with Crippen LogP contribution in [0.15, 0.2) is 40.8 Å². The zero-order valence-corrected chi connectivity index (χ0v) is 21.9. The summed E-state index contributed by atoms with van der Waals surface area (Å²) in [7, 11) is 1.25. The summed E-state index contributed by atoms with van der Waals surface area (Å²) in [6, 6.07) is 7.97. The molecule has 1 aliphatic heterocycles. The number of hydrogen-bond acceptors (Lipinski definition) is 8. The van der Waals surface area contributed by atoms with Crippen LogP contribution < -0.4 is 20.4 Å². The summed E-state index contributed by atoms with van der Waals surface area (Å²) in [6.07, 6.45) is -5.19. The number of alkyl halides is 2. The van der Waals surface area contributed by atoms with Crippen molar-refractivity contribution >= 4 is 46.5 Å². The summed E-state index contributed by atoms with van der Waals surface area (Å²) in [6.45, 7) is 1.02. The highest BCUT2D eigenvalue weighted by atomic mass is 19.3. The molecule has 1 fully saturated rings. The van der Waals surface area contributed by atoms with Gasteiger partial charge in [-0.1, -0.05) is 12.1 Å². The SMILES string of the molecule is CCN(CCN(OC)C(=O)Nc1nc2ccccc2o1)c1c(F)cc(N2C[C@H](CNC(=O)C(F)F)OC2=O)cc1F. The van der Waals surface area contributed by atoms with E-state index in [1.165, 1.54) is 12.0 Å². The van der Waals surface area contributed by atoms with Crippen LogP contribution in [0.1, 0.15) is 6.92 Å². The second-order valence-corrected chi connectivity index (χ2v) is 8.70. The number of hydroxylamine groups is 2. The fraction of sp³-hybridized carbons (Fsp3) is 0.360. The van der Waals surface area contributed by atoms with Crippen molar-refractivity contribution in [2.45, 2.75) is 19.5 Å². The first-order valence-corrected chi connectivity index (χ1v) is 12.4. The number of nitrogens with one attached hydrogen (secondary N) is 2. The molecule has 0 unspecified atom stereocenters. The van der Waals surface area contributed by atoms with E-state index in [9.17, 15) is 23.2 Å². The van der Waals surface area contributed by atoms with Gasteiger partial charge in [-0.3, -0.25) is 19.8 Å². The van der Waals surface area contributed by atoms with Gasteiger partial charge in [0, 0.05) is 25.2 Å². The molecule has 1 saturated heterocycles. The molecular weight excluding hydrogens is 556 g/mol. The number of rotatable bonds is 11. The molecule has 16 heteroatoms. The summed E-state index contributed by atoms with van der Waals surface area (Å²) in [5, 5.41) is 5.31. The van der Waals surface area contributed by atoms with Crippen molar-refractivity contribution in [1.29, 1.82) is 0 Å². The Morgan fingerprint density at radius 1 is 1.20 bits per heavy atom. The van der Waals surface area contributed by atoms with Gasteiger partial charge in [0.15, 0.2) is 17.2 Å². The molecule has 0 saturated carbocycles. The van der Waals surface area contributed by atoms with E-state index in [0.717, 1.165) is 22.1 Å². The summed E-state index contributed by atoms with van der Waals surface area (Å²) in [5.41, 5.74) is 0.438. The van der Waals surface area contributed by atoms with Crippen LogP contribution in [0.4, 0.5) is 44.5 Å². The number of ether oxygens (including phenoxy) is 1. The van der Waals surface area contributed by atoms with E-state index in [0.29, 0.717) is 11.1 Å². The Morgan fingerprint density at radius 3 is 2.54 bits per heavy atom. The molecule has 1 aromatic heterocycles. The first kappa shape index (κ1) is 29.4. The number of nitrogens with zero attached hydrogens (tertiary/aromatic N) is 4. The van der Waals surface area contributed by atoms with E-state index in [2.05, 4.69) is 10.3 Å². The quantitative estimate of drug-likeness (QED) is 0.259. The third-order valence-corrected chi connectivity index (χ3v) is 6.12. The third-order valence-electron chi connectivity index (χ3n) is 6.12. The first-order valence-electron chi connectivity index (χ1n) is 12.4. The minimum atomic E-state index is -3.24. The number of aromatic nitrogens is 1. The molecule has 1 aliphatic rings. The third kappa shape index (κ3) is 6.77. The summed E-state index contributed by atoms with van der Waals surface area (Å²) in [5.74, 6) is -3.52. The number of anilines is 3. The Bertz CT molecular complexity index is 1370. The highest BCUT2D eigenvalue weighted by Crippen LogP contribution is 2.31. The highest BCUT2D eigenvalue weighted by molar-refractivity contribution is 5.90. The van der Waals surface area contributed by atoms with Crippen LogP contribution in [0.5, 0.6) is 0 Å². The molecule has 0 radical (unpaired) electrons. The number of cyclic esters (lactones) is 1. The fourth-order valence-electron chi connectivity index (χ4n) is 4.14. The van der Waals surface area contributed by atoms with Gasteiger partial charge >= 0.3 is 24.6 Å². The van der Waals surface area contributed by atoms with E-state index in [1.807, 2.05) is 5.32 Å². The van der Waals surface area contributed by atoms with Gasteiger partial charge in [-0.15, -0.1) is 0 Å². The van der Waals surface area contributed by atoms with Crippen molar-refractivity contribution in [3.05, 3.63) is 48.0 Å². The molecule has 4 rings (SSSR count). The number of carbonyl (C=O) groups excluding carboxylic acids is 3. The molecule has 2 aromatic carbocycles. The van der Waals surface area contributed by atoms with Gasteiger partial charge in [-0.25, -0.2) is 23.4 Å². The van der Waals surface area contributed by atoms with Gasteiger partial charge in [0.2, 0.25) is 0 Å². The highest BCUT2D eigenvalue weighted by Gasteiger charge is 2.34.